The molecule has 0 amide bonds. The minimum atomic E-state index is 0. The summed E-state index contributed by atoms with van der Waals surface area (Å²) >= 11 is 0. The normalized spacial score (nSPS) is 18.0. The molecular formula is C10H17AlLiNO. The molecule has 0 saturated heterocycles. The summed E-state index contributed by atoms with van der Waals surface area (Å²) in [7, 11) is 0. The van der Waals surface area contributed by atoms with E-state index < -0.39 is 0 Å². The van der Waals surface area contributed by atoms with Gasteiger partial charge in [-0.1, -0.05) is 0 Å². The van der Waals surface area contributed by atoms with Crippen LogP contribution in [0.5, 0.6) is 0 Å². The van der Waals surface area contributed by atoms with E-state index in [2.05, 4.69) is 11.9 Å². The van der Waals surface area contributed by atoms with E-state index in [0.717, 1.165) is 12.8 Å². The van der Waals surface area contributed by atoms with E-state index in [1.54, 1.807) is 0 Å². The van der Waals surface area contributed by atoms with Crippen LogP contribution in [0.25, 0.3) is 0 Å². The smallest absolute Gasteiger partial charge is 0.396 e. The second kappa shape index (κ2) is 5.96. The molecule has 1 aliphatic carbocycles. The maximum Gasteiger partial charge on any atom is 1.00 e. The predicted molar refractivity (Wildman–Crippen MR) is 58.3 cm³/mol. The zero-order valence-corrected chi connectivity index (χ0v) is 8.25. The van der Waals surface area contributed by atoms with Gasteiger partial charge in [0.05, 0.1) is 0 Å². The van der Waals surface area contributed by atoms with Crippen molar-refractivity contribution >= 4 is 17.4 Å². The summed E-state index contributed by atoms with van der Waals surface area (Å²) in [5.74, 6) is 0.411. The molecule has 0 saturated carbocycles. The molecule has 0 bridgehead atoms. The molecule has 1 aromatic rings. The number of hydrogen-bond acceptors (Lipinski definition) is 2. The zero-order valence-electron chi connectivity index (χ0n) is 8.25. The first-order valence-electron chi connectivity index (χ1n) is 4.35. The predicted octanol–water partition coefficient (Wildman–Crippen LogP) is -3.35. The van der Waals surface area contributed by atoms with Crippen molar-refractivity contribution in [3.63, 3.8) is 0 Å². The van der Waals surface area contributed by atoms with Crippen molar-refractivity contribution in [3.05, 3.63) is 29.1 Å². The molecule has 0 aliphatic heterocycles. The molecule has 1 atom stereocenters. The summed E-state index contributed by atoms with van der Waals surface area (Å²) in [5.41, 5.74) is 3.86. The molecular weight excluding hydrogens is 184 g/mol. The van der Waals surface area contributed by atoms with Crippen molar-refractivity contribution in [2.45, 2.75) is 19.8 Å². The van der Waals surface area contributed by atoms with Crippen molar-refractivity contribution < 1.29 is 24.0 Å². The first-order chi connectivity index (χ1) is 5.81. The summed E-state index contributed by atoms with van der Waals surface area (Å²) in [6.07, 6.45) is 3.81. The van der Waals surface area contributed by atoms with E-state index in [1.807, 2.05) is 12.3 Å². The Kier molecular flexibility index (Phi) is 6.06. The number of aromatic nitrogens is 1. The fraction of sp³-hybridized carbons (Fsp3) is 0.500. The second-order valence-electron chi connectivity index (χ2n) is 3.51. The van der Waals surface area contributed by atoms with Gasteiger partial charge in [0.15, 0.2) is 0 Å². The average Bonchev–Trinajstić information content (AvgIpc) is 2.49. The second-order valence-corrected chi connectivity index (χ2v) is 3.51. The van der Waals surface area contributed by atoms with E-state index in [-0.39, 0.29) is 42.8 Å². The third-order valence-electron chi connectivity index (χ3n) is 2.61. The van der Waals surface area contributed by atoms with Crippen LogP contribution in [0.4, 0.5) is 0 Å². The third-order valence-corrected chi connectivity index (χ3v) is 2.61. The van der Waals surface area contributed by atoms with Crippen LogP contribution in [0.2, 0.25) is 0 Å². The monoisotopic (exact) mass is 201 g/mol. The zero-order chi connectivity index (χ0) is 8.55. The topological polar surface area (TPSA) is 33.1 Å². The van der Waals surface area contributed by atoms with Gasteiger partial charge in [-0.2, -0.15) is 0 Å². The van der Waals surface area contributed by atoms with Crippen LogP contribution in [-0.4, -0.2) is 34.1 Å². The summed E-state index contributed by atoms with van der Waals surface area (Å²) in [4.78, 5) is 4.31. The summed E-state index contributed by atoms with van der Waals surface area (Å²) < 4.78 is 0. The summed E-state index contributed by atoms with van der Waals surface area (Å²) in [6, 6.07) is 2.04. The number of fused-ring (bicyclic) bond motifs is 1. The van der Waals surface area contributed by atoms with Gasteiger partial charge >= 0.3 is 18.9 Å². The Labute approximate surface area is 107 Å². The number of aryl methyl sites for hydroxylation is 1. The van der Waals surface area contributed by atoms with Crippen LogP contribution < -0.4 is 18.9 Å². The molecule has 1 heterocycles. The quantitative estimate of drug-likeness (QED) is 0.482. The molecule has 0 spiro atoms. The third kappa shape index (κ3) is 2.63. The van der Waals surface area contributed by atoms with Gasteiger partial charge < -0.3 is 5.11 Å². The van der Waals surface area contributed by atoms with Gasteiger partial charge in [0.1, 0.15) is 0 Å². The molecule has 1 aliphatic rings. The average molecular weight is 201 g/mol. The Bertz CT molecular complexity index is 306. The maximum absolute atomic E-state index is 9.00. The van der Waals surface area contributed by atoms with Gasteiger partial charge in [-0.3, -0.25) is 4.98 Å². The standard InChI is InChI=1S/C10H13NO.Al.Li.4H/c1-7-2-3-11-10-5-8(6-12)4-9(7)10;;;;;;/h2-3,8,12H,4-6H2,1H3;;;;;;/q;-1;+1;;;;. The minimum absolute atomic E-state index is 0. The van der Waals surface area contributed by atoms with Crippen LogP contribution in [0.15, 0.2) is 12.3 Å². The van der Waals surface area contributed by atoms with Crippen molar-refractivity contribution in [2.75, 3.05) is 6.61 Å². The molecule has 0 aromatic carbocycles. The van der Waals surface area contributed by atoms with Crippen molar-refractivity contribution in [3.8, 4) is 0 Å². The SMILES string of the molecule is Cc1ccnc2c1CC(CO)C2.[AlH4-].[Li+]. The van der Waals surface area contributed by atoms with E-state index in [4.69, 9.17) is 5.11 Å². The Hall–Kier alpha value is 0.240. The molecule has 1 aromatic heterocycles. The Morgan fingerprint density at radius 2 is 2.21 bits per heavy atom. The Morgan fingerprint density at radius 1 is 1.50 bits per heavy atom. The van der Waals surface area contributed by atoms with Crippen LogP contribution in [-0.2, 0) is 12.8 Å². The van der Waals surface area contributed by atoms with Crippen molar-refractivity contribution in [2.24, 2.45) is 5.92 Å². The number of aliphatic hydroxyl groups excluding tert-OH is 1. The van der Waals surface area contributed by atoms with Crippen LogP contribution in [0.3, 0.4) is 0 Å². The van der Waals surface area contributed by atoms with Gasteiger partial charge in [0.25, 0.3) is 0 Å². The van der Waals surface area contributed by atoms with Gasteiger partial charge in [-0.25, -0.2) is 0 Å². The van der Waals surface area contributed by atoms with Gasteiger partial charge in [-0.15, -0.1) is 0 Å². The molecule has 4 heteroatoms. The molecule has 1 N–H and O–H groups in total. The number of hydrogen-bond donors (Lipinski definition) is 1. The minimum Gasteiger partial charge on any atom is -0.396 e. The molecule has 1 unspecified atom stereocenters. The van der Waals surface area contributed by atoms with E-state index in [1.165, 1.54) is 16.8 Å². The number of rotatable bonds is 1. The molecule has 2 nitrogen and oxygen atoms in total. The van der Waals surface area contributed by atoms with Crippen molar-refractivity contribution in [1.82, 2.24) is 4.98 Å². The van der Waals surface area contributed by atoms with Gasteiger partial charge in [0.2, 0.25) is 0 Å². The summed E-state index contributed by atoms with van der Waals surface area (Å²) in [5, 5.41) is 9.00. The first kappa shape index (κ1) is 14.2. The van der Waals surface area contributed by atoms with Crippen LogP contribution in [0, 0.1) is 12.8 Å². The van der Waals surface area contributed by atoms with Gasteiger partial charge in [0, 0.05) is 35.9 Å². The summed E-state index contributed by atoms with van der Waals surface area (Å²) in [6.45, 7) is 2.40. The number of aliphatic hydroxyl groups is 1. The van der Waals surface area contributed by atoms with Crippen LogP contribution >= 0.6 is 0 Å². The Morgan fingerprint density at radius 3 is 2.79 bits per heavy atom. The van der Waals surface area contributed by atoms with E-state index in [0.29, 0.717) is 5.92 Å². The van der Waals surface area contributed by atoms with Gasteiger partial charge in [-0.05, 0) is 42.9 Å². The maximum atomic E-state index is 9.00. The van der Waals surface area contributed by atoms with Crippen molar-refractivity contribution in [1.29, 1.82) is 0 Å². The van der Waals surface area contributed by atoms with Crippen LogP contribution in [0.1, 0.15) is 16.8 Å². The fourth-order valence-corrected chi connectivity index (χ4v) is 1.86. The molecule has 72 valence electrons. The molecule has 0 radical (unpaired) electrons. The number of nitrogens with zero attached hydrogens (tertiary/aromatic N) is 1. The molecule has 0 fully saturated rings. The van der Waals surface area contributed by atoms with E-state index >= 15 is 0 Å². The number of pyridine rings is 1. The molecule has 2 rings (SSSR count). The molecule has 14 heavy (non-hydrogen) atoms. The fourth-order valence-electron chi connectivity index (χ4n) is 1.86. The first-order valence-corrected chi connectivity index (χ1v) is 4.35. The Balaban J connectivity index is 0.000000845. The largest absolute Gasteiger partial charge is 1.00 e. The van der Waals surface area contributed by atoms with E-state index in [9.17, 15) is 0 Å².